The predicted octanol–water partition coefficient (Wildman–Crippen LogP) is 2.34. The van der Waals surface area contributed by atoms with E-state index in [1.54, 1.807) is 31.4 Å². The number of nitrogens with one attached hydrogen (secondary N) is 1. The Labute approximate surface area is 162 Å². The lowest BCUT2D eigenvalue weighted by Crippen LogP contribution is -2.28. The van der Waals surface area contributed by atoms with E-state index in [1.165, 1.54) is 6.08 Å². The van der Waals surface area contributed by atoms with Gasteiger partial charge in [0.2, 0.25) is 0 Å². The molecular formula is C21H21NO6. The SMILES string of the molecule is COc1ccc(CNC(=O)COC(=O)/C=C/c2ccc3c(c2)OCCO3)cc1. The smallest absolute Gasteiger partial charge is 0.331 e. The molecule has 1 aliphatic rings. The predicted molar refractivity (Wildman–Crippen MR) is 102 cm³/mol. The summed E-state index contributed by atoms with van der Waals surface area (Å²) >= 11 is 0. The summed E-state index contributed by atoms with van der Waals surface area (Å²) in [6.07, 6.45) is 2.86. The van der Waals surface area contributed by atoms with E-state index in [9.17, 15) is 9.59 Å². The lowest BCUT2D eigenvalue weighted by atomic mass is 10.2. The lowest BCUT2D eigenvalue weighted by Gasteiger charge is -2.18. The van der Waals surface area contributed by atoms with Gasteiger partial charge in [-0.3, -0.25) is 4.79 Å². The van der Waals surface area contributed by atoms with Gasteiger partial charge in [0.25, 0.3) is 5.91 Å². The first kappa shape index (κ1) is 19.3. The number of methoxy groups -OCH3 is 1. The molecule has 7 heteroatoms. The highest BCUT2D eigenvalue weighted by Crippen LogP contribution is 2.31. The summed E-state index contributed by atoms with van der Waals surface area (Å²) in [4.78, 5) is 23.6. The van der Waals surface area contributed by atoms with Crippen LogP contribution in [0.1, 0.15) is 11.1 Å². The number of hydrogen-bond donors (Lipinski definition) is 1. The second-order valence-corrected chi connectivity index (χ2v) is 5.97. The Morgan fingerprint density at radius 3 is 2.57 bits per heavy atom. The van der Waals surface area contributed by atoms with Gasteiger partial charge in [-0.1, -0.05) is 18.2 Å². The normalized spacial score (nSPS) is 12.5. The van der Waals surface area contributed by atoms with E-state index in [0.717, 1.165) is 16.9 Å². The number of amides is 1. The topological polar surface area (TPSA) is 83.1 Å². The van der Waals surface area contributed by atoms with E-state index in [2.05, 4.69) is 5.32 Å². The van der Waals surface area contributed by atoms with Crippen molar-refractivity contribution in [3.8, 4) is 17.2 Å². The number of ether oxygens (including phenoxy) is 4. The van der Waals surface area contributed by atoms with Crippen molar-refractivity contribution in [2.24, 2.45) is 0 Å². The van der Waals surface area contributed by atoms with Crippen LogP contribution in [0.15, 0.2) is 48.5 Å². The Balaban J connectivity index is 1.41. The highest BCUT2D eigenvalue weighted by Gasteiger charge is 2.11. The van der Waals surface area contributed by atoms with Crippen LogP contribution in [0.2, 0.25) is 0 Å². The van der Waals surface area contributed by atoms with Gasteiger partial charge in [-0.25, -0.2) is 4.79 Å². The second kappa shape index (κ2) is 9.45. The van der Waals surface area contributed by atoms with E-state index < -0.39 is 5.97 Å². The molecule has 3 rings (SSSR count). The zero-order valence-electron chi connectivity index (χ0n) is 15.5. The first-order valence-electron chi connectivity index (χ1n) is 8.78. The zero-order chi connectivity index (χ0) is 19.8. The number of carbonyl (C=O) groups is 2. The molecule has 1 heterocycles. The van der Waals surface area contributed by atoms with Crippen molar-refractivity contribution in [2.45, 2.75) is 6.54 Å². The number of hydrogen-bond acceptors (Lipinski definition) is 6. The number of rotatable bonds is 7. The number of fused-ring (bicyclic) bond motifs is 1. The standard InChI is InChI=1S/C21H21NO6/c1-25-17-6-2-16(3-7-17)13-22-20(23)14-28-21(24)9-5-15-4-8-18-19(12-15)27-11-10-26-18/h2-9,12H,10-11,13-14H2,1H3,(H,22,23)/b9-5+. The molecular weight excluding hydrogens is 362 g/mol. The fourth-order valence-corrected chi connectivity index (χ4v) is 2.51. The molecule has 2 aromatic carbocycles. The molecule has 1 N–H and O–H groups in total. The van der Waals surface area contributed by atoms with Gasteiger partial charge in [-0.2, -0.15) is 0 Å². The van der Waals surface area contributed by atoms with Crippen molar-refractivity contribution < 1.29 is 28.5 Å². The molecule has 0 aliphatic carbocycles. The van der Waals surface area contributed by atoms with Crippen molar-refractivity contribution in [3.05, 3.63) is 59.7 Å². The molecule has 0 unspecified atom stereocenters. The molecule has 2 aromatic rings. The minimum absolute atomic E-state index is 0.341. The van der Waals surface area contributed by atoms with Crippen molar-refractivity contribution in [1.29, 1.82) is 0 Å². The molecule has 0 saturated carbocycles. The van der Waals surface area contributed by atoms with Gasteiger partial charge in [-0.15, -0.1) is 0 Å². The quantitative estimate of drug-likeness (QED) is 0.584. The molecule has 0 fully saturated rings. The van der Waals surface area contributed by atoms with E-state index in [1.807, 2.05) is 24.3 Å². The average molecular weight is 383 g/mol. The molecule has 1 aliphatic heterocycles. The monoisotopic (exact) mass is 383 g/mol. The molecule has 0 radical (unpaired) electrons. The second-order valence-electron chi connectivity index (χ2n) is 5.97. The van der Waals surface area contributed by atoms with Crippen molar-refractivity contribution in [2.75, 3.05) is 26.9 Å². The van der Waals surface area contributed by atoms with E-state index in [-0.39, 0.29) is 12.5 Å². The number of esters is 1. The lowest BCUT2D eigenvalue weighted by molar-refractivity contribution is -0.143. The summed E-state index contributed by atoms with van der Waals surface area (Å²) in [5.74, 6) is 1.08. The summed E-state index contributed by atoms with van der Waals surface area (Å²) in [5, 5.41) is 2.69. The third-order valence-corrected chi connectivity index (χ3v) is 3.97. The van der Waals surface area contributed by atoms with E-state index in [4.69, 9.17) is 18.9 Å². The molecule has 28 heavy (non-hydrogen) atoms. The molecule has 0 atom stereocenters. The molecule has 146 valence electrons. The highest BCUT2D eigenvalue weighted by atomic mass is 16.6. The highest BCUT2D eigenvalue weighted by molar-refractivity contribution is 5.89. The van der Waals surface area contributed by atoms with Crippen LogP contribution < -0.4 is 19.5 Å². The van der Waals surface area contributed by atoms with Gasteiger partial charge in [-0.05, 0) is 41.5 Å². The van der Waals surface area contributed by atoms with Gasteiger partial charge in [0.1, 0.15) is 19.0 Å². The maximum absolute atomic E-state index is 11.8. The molecule has 7 nitrogen and oxygen atoms in total. The summed E-state index contributed by atoms with van der Waals surface area (Å²) < 4.78 is 21.0. The van der Waals surface area contributed by atoms with E-state index >= 15 is 0 Å². The first-order valence-corrected chi connectivity index (χ1v) is 8.78. The maximum Gasteiger partial charge on any atom is 0.331 e. The van der Waals surface area contributed by atoms with Crippen LogP contribution in [0, 0.1) is 0 Å². The van der Waals surface area contributed by atoms with Gasteiger partial charge in [0.15, 0.2) is 18.1 Å². The van der Waals surface area contributed by atoms with Crippen LogP contribution in [-0.4, -0.2) is 38.8 Å². The Morgan fingerprint density at radius 2 is 1.82 bits per heavy atom. The minimum atomic E-state index is -0.602. The van der Waals surface area contributed by atoms with Crippen LogP contribution in [0.25, 0.3) is 6.08 Å². The summed E-state index contributed by atoms with van der Waals surface area (Å²) in [5.41, 5.74) is 1.68. The third kappa shape index (κ3) is 5.51. The first-order chi connectivity index (χ1) is 13.6. The van der Waals surface area contributed by atoms with Crippen molar-refractivity contribution in [3.63, 3.8) is 0 Å². The molecule has 0 bridgehead atoms. The Bertz CT molecular complexity index is 860. The Kier molecular flexibility index (Phi) is 6.51. The molecule has 0 aromatic heterocycles. The fraction of sp³-hybridized carbons (Fsp3) is 0.238. The van der Waals surface area contributed by atoms with E-state index in [0.29, 0.717) is 31.3 Å². The molecule has 0 spiro atoms. The molecule has 0 saturated heterocycles. The summed E-state index contributed by atoms with van der Waals surface area (Å²) in [6, 6.07) is 12.7. The van der Waals surface area contributed by atoms with Gasteiger partial charge in [0.05, 0.1) is 7.11 Å². The van der Waals surface area contributed by atoms with Crippen molar-refractivity contribution in [1.82, 2.24) is 5.32 Å². The third-order valence-electron chi connectivity index (χ3n) is 3.97. The minimum Gasteiger partial charge on any atom is -0.497 e. The van der Waals surface area contributed by atoms with Crippen molar-refractivity contribution >= 4 is 18.0 Å². The van der Waals surface area contributed by atoms with Crippen LogP contribution in [0.4, 0.5) is 0 Å². The summed E-state index contributed by atoms with van der Waals surface area (Å²) in [6.45, 7) is 1.01. The Morgan fingerprint density at radius 1 is 1.07 bits per heavy atom. The van der Waals surface area contributed by atoms with Crippen LogP contribution in [0.3, 0.4) is 0 Å². The largest absolute Gasteiger partial charge is 0.497 e. The van der Waals surface area contributed by atoms with Crippen LogP contribution in [-0.2, 0) is 20.9 Å². The fourth-order valence-electron chi connectivity index (χ4n) is 2.51. The Hall–Kier alpha value is -3.48. The summed E-state index contributed by atoms with van der Waals surface area (Å²) in [7, 11) is 1.59. The number of benzene rings is 2. The average Bonchev–Trinajstić information content (AvgIpc) is 2.75. The van der Waals surface area contributed by atoms with Crippen LogP contribution >= 0.6 is 0 Å². The number of carbonyl (C=O) groups excluding carboxylic acids is 2. The zero-order valence-corrected chi connectivity index (χ0v) is 15.5. The van der Waals surface area contributed by atoms with Gasteiger partial charge >= 0.3 is 5.97 Å². The maximum atomic E-state index is 11.8. The molecule has 1 amide bonds. The van der Waals surface area contributed by atoms with Gasteiger partial charge < -0.3 is 24.3 Å². The van der Waals surface area contributed by atoms with Crippen LogP contribution in [0.5, 0.6) is 17.2 Å². The van der Waals surface area contributed by atoms with Gasteiger partial charge in [0, 0.05) is 12.6 Å².